The van der Waals surface area contributed by atoms with E-state index in [1.165, 1.54) is 11.1 Å². The van der Waals surface area contributed by atoms with Crippen molar-refractivity contribution in [3.8, 4) is 0 Å². The van der Waals surface area contributed by atoms with E-state index < -0.39 is 5.60 Å². The molecule has 1 aromatic rings. The van der Waals surface area contributed by atoms with Crippen LogP contribution in [0.5, 0.6) is 0 Å². The van der Waals surface area contributed by atoms with Gasteiger partial charge in [0.25, 0.3) is 0 Å². The first-order chi connectivity index (χ1) is 9.11. The Morgan fingerprint density at radius 1 is 1.37 bits per heavy atom. The second kappa shape index (κ2) is 4.58. The standard InChI is InChI=1S/C16H23NO2/c1-12-3-4-13-5-7-16(18,14(13)9-12)15(10-17)6-2-8-19-11-15/h3-4,9,18H,2,5-8,10-11,17H2,1H3. The Labute approximate surface area is 114 Å². The van der Waals surface area contributed by atoms with Crippen LogP contribution in [0.25, 0.3) is 0 Å². The van der Waals surface area contributed by atoms with Crippen LogP contribution in [-0.2, 0) is 16.8 Å². The number of benzene rings is 1. The summed E-state index contributed by atoms with van der Waals surface area (Å²) in [6, 6.07) is 6.40. The number of fused-ring (bicyclic) bond motifs is 1. The molecule has 2 unspecified atom stereocenters. The fourth-order valence-electron chi connectivity index (χ4n) is 3.80. The van der Waals surface area contributed by atoms with Crippen molar-refractivity contribution in [1.29, 1.82) is 0 Å². The second-order valence-electron chi connectivity index (χ2n) is 6.16. The van der Waals surface area contributed by atoms with Crippen molar-refractivity contribution in [2.75, 3.05) is 19.8 Å². The monoisotopic (exact) mass is 261 g/mol. The predicted molar refractivity (Wildman–Crippen MR) is 74.9 cm³/mol. The molecule has 0 amide bonds. The molecule has 104 valence electrons. The number of aliphatic hydroxyl groups is 1. The number of rotatable bonds is 2. The molecule has 0 bridgehead atoms. The van der Waals surface area contributed by atoms with Crippen LogP contribution >= 0.6 is 0 Å². The highest BCUT2D eigenvalue weighted by molar-refractivity contribution is 5.42. The lowest BCUT2D eigenvalue weighted by Crippen LogP contribution is -2.54. The molecule has 1 fully saturated rings. The molecule has 3 nitrogen and oxygen atoms in total. The third-order valence-corrected chi connectivity index (χ3v) is 5.06. The van der Waals surface area contributed by atoms with E-state index in [1.54, 1.807) is 0 Å². The molecule has 1 aromatic carbocycles. The molecule has 1 aliphatic heterocycles. The maximum atomic E-state index is 11.4. The Balaban J connectivity index is 2.07. The van der Waals surface area contributed by atoms with E-state index >= 15 is 0 Å². The highest BCUT2D eigenvalue weighted by Gasteiger charge is 2.54. The summed E-state index contributed by atoms with van der Waals surface area (Å²) in [5, 5.41) is 11.4. The number of nitrogens with two attached hydrogens (primary N) is 1. The van der Waals surface area contributed by atoms with Crippen molar-refractivity contribution in [1.82, 2.24) is 0 Å². The molecule has 3 rings (SSSR count). The van der Waals surface area contributed by atoms with Crippen molar-refractivity contribution < 1.29 is 9.84 Å². The molecular weight excluding hydrogens is 238 g/mol. The lowest BCUT2D eigenvalue weighted by atomic mass is 9.65. The fraction of sp³-hybridized carbons (Fsp3) is 0.625. The molecule has 2 aliphatic rings. The average molecular weight is 261 g/mol. The van der Waals surface area contributed by atoms with Gasteiger partial charge in [-0.25, -0.2) is 0 Å². The van der Waals surface area contributed by atoms with Crippen LogP contribution in [0, 0.1) is 12.3 Å². The van der Waals surface area contributed by atoms with Crippen LogP contribution in [0.3, 0.4) is 0 Å². The molecule has 19 heavy (non-hydrogen) atoms. The van der Waals surface area contributed by atoms with Gasteiger partial charge in [-0.1, -0.05) is 23.8 Å². The predicted octanol–water partition coefficient (Wildman–Crippen LogP) is 1.88. The Bertz CT molecular complexity index is 480. The third kappa shape index (κ3) is 1.83. The van der Waals surface area contributed by atoms with Gasteiger partial charge >= 0.3 is 0 Å². The summed E-state index contributed by atoms with van der Waals surface area (Å²) in [5.41, 5.74) is 8.48. The van der Waals surface area contributed by atoms with E-state index in [0.717, 1.165) is 37.9 Å². The molecule has 0 radical (unpaired) electrons. The molecule has 1 aliphatic carbocycles. The first kappa shape index (κ1) is 13.1. The number of aryl methyl sites for hydroxylation is 2. The molecular formula is C16H23NO2. The normalized spacial score (nSPS) is 34.3. The van der Waals surface area contributed by atoms with Crippen molar-refractivity contribution in [3.05, 3.63) is 34.9 Å². The van der Waals surface area contributed by atoms with Gasteiger partial charge in [0.1, 0.15) is 0 Å². The van der Waals surface area contributed by atoms with Crippen LogP contribution in [0.15, 0.2) is 18.2 Å². The van der Waals surface area contributed by atoms with Gasteiger partial charge in [0.15, 0.2) is 0 Å². The van der Waals surface area contributed by atoms with E-state index in [0.29, 0.717) is 13.2 Å². The second-order valence-corrected chi connectivity index (χ2v) is 6.16. The summed E-state index contributed by atoms with van der Waals surface area (Å²) in [4.78, 5) is 0. The molecule has 1 saturated heterocycles. The summed E-state index contributed by atoms with van der Waals surface area (Å²) >= 11 is 0. The van der Waals surface area contributed by atoms with E-state index in [2.05, 4.69) is 25.1 Å². The Kier molecular flexibility index (Phi) is 3.16. The molecule has 3 heteroatoms. The number of hydrogen-bond donors (Lipinski definition) is 2. The first-order valence-electron chi connectivity index (χ1n) is 7.22. The van der Waals surface area contributed by atoms with Gasteiger partial charge in [0.05, 0.1) is 12.2 Å². The van der Waals surface area contributed by atoms with E-state index in [1.807, 2.05) is 0 Å². The number of hydrogen-bond acceptors (Lipinski definition) is 3. The molecule has 3 N–H and O–H groups in total. The highest BCUT2D eigenvalue weighted by atomic mass is 16.5. The topological polar surface area (TPSA) is 55.5 Å². The largest absolute Gasteiger partial charge is 0.384 e. The van der Waals surface area contributed by atoms with Gasteiger partial charge in [-0.05, 0) is 43.7 Å². The van der Waals surface area contributed by atoms with Crippen LogP contribution in [-0.4, -0.2) is 24.9 Å². The maximum Gasteiger partial charge on any atom is 0.0992 e. The van der Waals surface area contributed by atoms with Gasteiger partial charge < -0.3 is 15.6 Å². The minimum atomic E-state index is -0.816. The van der Waals surface area contributed by atoms with E-state index in [9.17, 15) is 5.11 Å². The summed E-state index contributed by atoms with van der Waals surface area (Å²) < 4.78 is 5.66. The molecule has 0 saturated carbocycles. The third-order valence-electron chi connectivity index (χ3n) is 5.06. The van der Waals surface area contributed by atoms with Crippen molar-refractivity contribution >= 4 is 0 Å². The zero-order chi connectivity index (χ0) is 13.5. The van der Waals surface area contributed by atoms with Crippen LogP contribution in [0.2, 0.25) is 0 Å². The summed E-state index contributed by atoms with van der Waals surface area (Å²) in [7, 11) is 0. The van der Waals surface area contributed by atoms with Gasteiger partial charge in [-0.3, -0.25) is 0 Å². The van der Waals surface area contributed by atoms with Crippen LogP contribution in [0.4, 0.5) is 0 Å². The Morgan fingerprint density at radius 3 is 2.89 bits per heavy atom. The lowest BCUT2D eigenvalue weighted by Gasteiger charge is -2.47. The van der Waals surface area contributed by atoms with Gasteiger partial charge in [-0.2, -0.15) is 0 Å². The summed E-state index contributed by atoms with van der Waals surface area (Å²) in [6.45, 7) is 3.92. The summed E-state index contributed by atoms with van der Waals surface area (Å²) in [6.07, 6.45) is 3.65. The zero-order valence-corrected chi connectivity index (χ0v) is 11.6. The van der Waals surface area contributed by atoms with Crippen molar-refractivity contribution in [2.45, 2.75) is 38.2 Å². The molecule has 1 heterocycles. The van der Waals surface area contributed by atoms with Crippen LogP contribution < -0.4 is 5.73 Å². The van der Waals surface area contributed by atoms with Crippen molar-refractivity contribution in [2.24, 2.45) is 11.1 Å². The van der Waals surface area contributed by atoms with E-state index in [-0.39, 0.29) is 5.41 Å². The molecule has 0 spiro atoms. The smallest absolute Gasteiger partial charge is 0.0992 e. The van der Waals surface area contributed by atoms with Crippen LogP contribution in [0.1, 0.15) is 36.0 Å². The molecule has 0 aromatic heterocycles. The quantitative estimate of drug-likeness (QED) is 0.854. The van der Waals surface area contributed by atoms with Gasteiger partial charge in [0.2, 0.25) is 0 Å². The lowest BCUT2D eigenvalue weighted by molar-refractivity contribution is -0.148. The summed E-state index contributed by atoms with van der Waals surface area (Å²) in [5.74, 6) is 0. The SMILES string of the molecule is Cc1ccc2c(c1)C(O)(C1(CN)CCCOC1)CC2. The average Bonchev–Trinajstić information content (AvgIpc) is 2.78. The van der Waals surface area contributed by atoms with Gasteiger partial charge in [-0.15, -0.1) is 0 Å². The van der Waals surface area contributed by atoms with E-state index in [4.69, 9.17) is 10.5 Å². The minimum absolute atomic E-state index is 0.315. The fourth-order valence-corrected chi connectivity index (χ4v) is 3.80. The maximum absolute atomic E-state index is 11.4. The zero-order valence-electron chi connectivity index (χ0n) is 11.6. The Hall–Kier alpha value is -0.900. The van der Waals surface area contributed by atoms with Gasteiger partial charge in [0, 0.05) is 18.6 Å². The first-order valence-corrected chi connectivity index (χ1v) is 7.22. The minimum Gasteiger partial charge on any atom is -0.384 e. The highest BCUT2D eigenvalue weighted by Crippen LogP contribution is 2.52. The Morgan fingerprint density at radius 2 is 2.21 bits per heavy atom. The molecule has 2 atom stereocenters. The number of ether oxygens (including phenoxy) is 1. The van der Waals surface area contributed by atoms with Crippen molar-refractivity contribution in [3.63, 3.8) is 0 Å².